The third kappa shape index (κ3) is 3.63. The molecule has 1 fully saturated rings. The standard InChI is InChI=1S/C17H21N/c1-3-13-18(15(2)17-11-12-17)14-7-10-16-8-5-4-6-9-16/h3-10,17H,1-2,11-14H2/b10-7+. The third-order valence-electron chi connectivity index (χ3n) is 3.24. The van der Waals surface area contributed by atoms with Crippen molar-refractivity contribution >= 4 is 6.08 Å². The van der Waals surface area contributed by atoms with Crippen LogP contribution in [0.15, 0.2) is 61.3 Å². The number of hydrogen-bond donors (Lipinski definition) is 0. The molecule has 0 N–H and O–H groups in total. The maximum atomic E-state index is 4.21. The zero-order valence-corrected chi connectivity index (χ0v) is 10.9. The van der Waals surface area contributed by atoms with Gasteiger partial charge in [-0.05, 0) is 24.3 Å². The highest BCUT2D eigenvalue weighted by molar-refractivity contribution is 5.48. The lowest BCUT2D eigenvalue weighted by atomic mass is 10.2. The second-order valence-electron chi connectivity index (χ2n) is 4.77. The minimum atomic E-state index is 0.718. The Morgan fingerprint density at radius 3 is 2.56 bits per heavy atom. The highest BCUT2D eigenvalue weighted by atomic mass is 15.1. The number of allylic oxidation sites excluding steroid dienone is 1. The van der Waals surface area contributed by atoms with Gasteiger partial charge in [0.25, 0.3) is 0 Å². The molecule has 0 aliphatic heterocycles. The van der Waals surface area contributed by atoms with E-state index in [0.717, 1.165) is 19.0 Å². The summed E-state index contributed by atoms with van der Waals surface area (Å²) < 4.78 is 0. The number of rotatable bonds is 7. The first-order chi connectivity index (χ1) is 8.81. The van der Waals surface area contributed by atoms with Crippen molar-refractivity contribution in [1.29, 1.82) is 0 Å². The van der Waals surface area contributed by atoms with E-state index in [9.17, 15) is 0 Å². The lowest BCUT2D eigenvalue weighted by molar-refractivity contribution is 0.400. The Kier molecular flexibility index (Phi) is 4.40. The Bertz CT molecular complexity index is 426. The van der Waals surface area contributed by atoms with Gasteiger partial charge >= 0.3 is 0 Å². The molecule has 2 rings (SSSR count). The molecule has 18 heavy (non-hydrogen) atoms. The molecule has 1 aliphatic carbocycles. The molecule has 1 saturated carbocycles. The fourth-order valence-corrected chi connectivity index (χ4v) is 2.02. The number of benzene rings is 1. The van der Waals surface area contributed by atoms with Crippen molar-refractivity contribution in [2.45, 2.75) is 12.8 Å². The van der Waals surface area contributed by atoms with Gasteiger partial charge in [-0.3, -0.25) is 0 Å². The fraction of sp³-hybridized carbons (Fsp3) is 0.294. The summed E-state index contributed by atoms with van der Waals surface area (Å²) in [5.74, 6) is 0.718. The van der Waals surface area contributed by atoms with E-state index in [2.05, 4.69) is 54.5 Å². The molecule has 94 valence electrons. The molecule has 1 heteroatoms. The van der Waals surface area contributed by atoms with E-state index in [-0.39, 0.29) is 0 Å². The van der Waals surface area contributed by atoms with Gasteiger partial charge in [-0.1, -0.05) is 55.1 Å². The SMILES string of the molecule is C=CCN(C/C=C/c1ccccc1)C(=C)C1CC1. The Hall–Kier alpha value is -1.76. The van der Waals surface area contributed by atoms with Crippen LogP contribution in [-0.4, -0.2) is 18.0 Å². The van der Waals surface area contributed by atoms with Crippen molar-refractivity contribution in [2.24, 2.45) is 5.92 Å². The smallest absolute Gasteiger partial charge is 0.0363 e. The predicted octanol–water partition coefficient (Wildman–Crippen LogP) is 4.11. The maximum absolute atomic E-state index is 4.21. The van der Waals surface area contributed by atoms with Gasteiger partial charge < -0.3 is 4.90 Å². The molecule has 0 heterocycles. The van der Waals surface area contributed by atoms with E-state index in [4.69, 9.17) is 0 Å². The first-order valence-corrected chi connectivity index (χ1v) is 6.57. The summed E-state index contributed by atoms with van der Waals surface area (Å²) in [5.41, 5.74) is 2.51. The molecule has 0 radical (unpaired) electrons. The van der Waals surface area contributed by atoms with Crippen molar-refractivity contribution in [3.8, 4) is 0 Å². The average molecular weight is 239 g/mol. The summed E-state index contributed by atoms with van der Waals surface area (Å²) in [5, 5.41) is 0. The van der Waals surface area contributed by atoms with Gasteiger partial charge in [0.2, 0.25) is 0 Å². The molecule has 0 spiro atoms. The minimum absolute atomic E-state index is 0.718. The minimum Gasteiger partial charge on any atom is -0.368 e. The van der Waals surface area contributed by atoms with Crippen LogP contribution in [-0.2, 0) is 0 Å². The molecule has 0 unspecified atom stereocenters. The summed E-state index contributed by atoms with van der Waals surface area (Å²) >= 11 is 0. The fourth-order valence-electron chi connectivity index (χ4n) is 2.02. The lowest BCUT2D eigenvalue weighted by Gasteiger charge is -2.23. The van der Waals surface area contributed by atoms with Crippen molar-refractivity contribution < 1.29 is 0 Å². The first kappa shape index (κ1) is 12.7. The monoisotopic (exact) mass is 239 g/mol. The van der Waals surface area contributed by atoms with E-state index in [1.807, 2.05) is 12.1 Å². The molecule has 1 aromatic carbocycles. The van der Waals surface area contributed by atoms with Crippen molar-refractivity contribution in [3.05, 3.63) is 66.9 Å². The van der Waals surface area contributed by atoms with Crippen LogP contribution in [0, 0.1) is 5.92 Å². The van der Waals surface area contributed by atoms with Crippen LogP contribution in [0.2, 0.25) is 0 Å². The van der Waals surface area contributed by atoms with E-state index in [1.165, 1.54) is 24.1 Å². The van der Waals surface area contributed by atoms with E-state index in [0.29, 0.717) is 0 Å². The van der Waals surface area contributed by atoms with Crippen LogP contribution in [0.3, 0.4) is 0 Å². The van der Waals surface area contributed by atoms with E-state index < -0.39 is 0 Å². The summed E-state index contributed by atoms with van der Waals surface area (Å²) in [6, 6.07) is 10.4. The van der Waals surface area contributed by atoms with Crippen LogP contribution >= 0.6 is 0 Å². The van der Waals surface area contributed by atoms with Crippen LogP contribution in [0.5, 0.6) is 0 Å². The topological polar surface area (TPSA) is 3.24 Å². The molecule has 0 bridgehead atoms. The van der Waals surface area contributed by atoms with E-state index in [1.54, 1.807) is 0 Å². The summed E-state index contributed by atoms with van der Waals surface area (Å²) in [4.78, 5) is 2.31. The van der Waals surface area contributed by atoms with Gasteiger partial charge in [-0.2, -0.15) is 0 Å². The predicted molar refractivity (Wildman–Crippen MR) is 79.1 cm³/mol. The zero-order chi connectivity index (χ0) is 12.8. The number of hydrogen-bond acceptors (Lipinski definition) is 1. The normalized spacial score (nSPS) is 14.7. The van der Waals surface area contributed by atoms with Gasteiger partial charge in [0.15, 0.2) is 0 Å². The lowest BCUT2D eigenvalue weighted by Crippen LogP contribution is -2.23. The Labute approximate surface area is 110 Å². The van der Waals surface area contributed by atoms with Gasteiger partial charge in [0, 0.05) is 18.8 Å². The highest BCUT2D eigenvalue weighted by Crippen LogP contribution is 2.37. The summed E-state index contributed by atoms with van der Waals surface area (Å²) in [7, 11) is 0. The molecular weight excluding hydrogens is 218 g/mol. The maximum Gasteiger partial charge on any atom is 0.0363 e. The van der Waals surface area contributed by atoms with E-state index >= 15 is 0 Å². The molecule has 0 saturated heterocycles. The Morgan fingerprint density at radius 2 is 1.94 bits per heavy atom. The third-order valence-corrected chi connectivity index (χ3v) is 3.24. The molecule has 0 amide bonds. The van der Waals surface area contributed by atoms with Crippen LogP contribution in [0.1, 0.15) is 18.4 Å². The molecule has 1 nitrogen and oxygen atoms in total. The summed E-state index contributed by atoms with van der Waals surface area (Å²) in [6.45, 7) is 9.82. The zero-order valence-electron chi connectivity index (χ0n) is 10.9. The number of nitrogens with zero attached hydrogens (tertiary/aromatic N) is 1. The molecule has 0 aromatic heterocycles. The first-order valence-electron chi connectivity index (χ1n) is 6.57. The largest absolute Gasteiger partial charge is 0.368 e. The Balaban J connectivity index is 1.90. The van der Waals surface area contributed by atoms with Gasteiger partial charge in [0.1, 0.15) is 0 Å². The second kappa shape index (κ2) is 6.25. The van der Waals surface area contributed by atoms with Crippen molar-refractivity contribution in [2.75, 3.05) is 13.1 Å². The highest BCUT2D eigenvalue weighted by Gasteiger charge is 2.27. The molecular formula is C17H21N. The Morgan fingerprint density at radius 1 is 1.22 bits per heavy atom. The van der Waals surface area contributed by atoms with Gasteiger partial charge in [0.05, 0.1) is 0 Å². The second-order valence-corrected chi connectivity index (χ2v) is 4.77. The van der Waals surface area contributed by atoms with Crippen LogP contribution < -0.4 is 0 Å². The molecule has 1 aliphatic rings. The quantitative estimate of drug-likeness (QED) is 0.647. The van der Waals surface area contributed by atoms with Gasteiger partial charge in [-0.25, -0.2) is 0 Å². The van der Waals surface area contributed by atoms with Crippen molar-refractivity contribution in [1.82, 2.24) is 4.90 Å². The van der Waals surface area contributed by atoms with Gasteiger partial charge in [-0.15, -0.1) is 6.58 Å². The van der Waals surface area contributed by atoms with Crippen molar-refractivity contribution in [3.63, 3.8) is 0 Å². The summed E-state index contributed by atoms with van der Waals surface area (Å²) in [6.07, 6.45) is 8.91. The van der Waals surface area contributed by atoms with Crippen LogP contribution in [0.4, 0.5) is 0 Å². The molecule has 0 atom stereocenters. The average Bonchev–Trinajstić information content (AvgIpc) is 3.22. The molecule has 1 aromatic rings. The van der Waals surface area contributed by atoms with Crippen LogP contribution in [0.25, 0.3) is 6.08 Å².